The van der Waals surface area contributed by atoms with Gasteiger partial charge in [-0.2, -0.15) is 0 Å². The van der Waals surface area contributed by atoms with Gasteiger partial charge in [-0.3, -0.25) is 0 Å². The molecule has 1 aliphatic carbocycles. The summed E-state index contributed by atoms with van der Waals surface area (Å²) in [4.78, 5) is 0. The van der Waals surface area contributed by atoms with Crippen LogP contribution in [0.3, 0.4) is 0 Å². The molecule has 3 unspecified atom stereocenters. The van der Waals surface area contributed by atoms with Crippen molar-refractivity contribution in [1.29, 1.82) is 0 Å². The van der Waals surface area contributed by atoms with Crippen molar-refractivity contribution in [2.45, 2.75) is 30.7 Å². The molecule has 2 aliphatic rings. The molecule has 11 heavy (non-hydrogen) atoms. The van der Waals surface area contributed by atoms with E-state index in [1.807, 2.05) is 0 Å². The van der Waals surface area contributed by atoms with Crippen molar-refractivity contribution in [2.24, 2.45) is 5.92 Å². The summed E-state index contributed by atoms with van der Waals surface area (Å²) in [5.41, 5.74) is 0. The van der Waals surface area contributed by atoms with E-state index in [9.17, 15) is 10.2 Å². The van der Waals surface area contributed by atoms with Crippen molar-refractivity contribution in [2.75, 3.05) is 0 Å². The van der Waals surface area contributed by atoms with E-state index in [0.717, 1.165) is 0 Å². The zero-order chi connectivity index (χ0) is 8.22. The highest BCUT2D eigenvalue weighted by molar-refractivity contribution is 5.04. The summed E-state index contributed by atoms with van der Waals surface area (Å²) in [7, 11) is 0. The molecule has 0 radical (unpaired) electrons. The topological polar surface area (TPSA) is 90.2 Å². The summed E-state index contributed by atoms with van der Waals surface area (Å²) in [6.45, 7) is 0. The van der Waals surface area contributed by atoms with Crippen LogP contribution in [-0.2, 0) is 4.74 Å². The molecule has 0 aromatic carbocycles. The van der Waals surface area contributed by atoms with Crippen molar-refractivity contribution in [3.8, 4) is 0 Å². The van der Waals surface area contributed by atoms with Gasteiger partial charge in [0.15, 0.2) is 12.1 Å². The largest absolute Gasteiger partial charge is 0.390 e. The van der Waals surface area contributed by atoms with Crippen molar-refractivity contribution >= 4 is 0 Å². The van der Waals surface area contributed by atoms with Crippen LogP contribution in [-0.4, -0.2) is 44.7 Å². The Morgan fingerprint density at radius 3 is 2.27 bits per heavy atom. The minimum atomic E-state index is -1.50. The van der Waals surface area contributed by atoms with Gasteiger partial charge >= 0.3 is 0 Å². The number of ether oxygens (including phenoxy) is 1. The number of fused-ring (bicyclic) bond motifs is 1. The van der Waals surface area contributed by atoms with Gasteiger partial charge in [-0.05, 0) is 0 Å². The standard InChI is InChI=1S/C6H10O5/c7-2-1-6(10)3(4(2)8)5(9)11-6/h2-5,7-10H,1H2/t2-,3?,4?,5-,6?/m1/s1. The van der Waals surface area contributed by atoms with Gasteiger partial charge in [-0.1, -0.05) is 0 Å². The van der Waals surface area contributed by atoms with Crippen LogP contribution in [0.4, 0.5) is 0 Å². The van der Waals surface area contributed by atoms with Crippen LogP contribution in [0.15, 0.2) is 0 Å². The van der Waals surface area contributed by atoms with Crippen LogP contribution >= 0.6 is 0 Å². The molecular weight excluding hydrogens is 152 g/mol. The number of rotatable bonds is 0. The van der Waals surface area contributed by atoms with E-state index in [4.69, 9.17) is 10.2 Å². The van der Waals surface area contributed by atoms with Crippen molar-refractivity contribution in [1.82, 2.24) is 0 Å². The summed E-state index contributed by atoms with van der Waals surface area (Å²) in [5.74, 6) is -2.25. The highest BCUT2D eigenvalue weighted by atomic mass is 16.7. The molecular formula is C6H10O5. The molecule has 64 valence electrons. The lowest BCUT2D eigenvalue weighted by Crippen LogP contribution is -2.59. The fourth-order valence-electron chi connectivity index (χ4n) is 1.79. The van der Waals surface area contributed by atoms with Gasteiger partial charge in [-0.15, -0.1) is 0 Å². The zero-order valence-corrected chi connectivity index (χ0v) is 5.71. The van der Waals surface area contributed by atoms with Crippen LogP contribution in [0.2, 0.25) is 0 Å². The average Bonchev–Trinajstić information content (AvgIpc) is 2.00. The van der Waals surface area contributed by atoms with E-state index < -0.39 is 30.2 Å². The molecule has 1 heterocycles. The van der Waals surface area contributed by atoms with Crippen molar-refractivity contribution in [3.63, 3.8) is 0 Å². The third-order valence-corrected chi connectivity index (χ3v) is 2.42. The normalized spacial score (nSPS) is 62.2. The quantitative estimate of drug-likeness (QED) is 0.323. The van der Waals surface area contributed by atoms with Gasteiger partial charge < -0.3 is 25.2 Å². The van der Waals surface area contributed by atoms with Gasteiger partial charge in [0.25, 0.3) is 0 Å². The third-order valence-electron chi connectivity index (χ3n) is 2.42. The molecule has 5 atom stereocenters. The first-order valence-corrected chi connectivity index (χ1v) is 3.49. The molecule has 1 aliphatic heterocycles. The lowest BCUT2D eigenvalue weighted by atomic mass is 9.94. The predicted molar refractivity (Wildman–Crippen MR) is 32.2 cm³/mol. The second-order valence-corrected chi connectivity index (χ2v) is 3.14. The Morgan fingerprint density at radius 2 is 1.91 bits per heavy atom. The first-order chi connectivity index (χ1) is 5.04. The van der Waals surface area contributed by atoms with Crippen LogP contribution in [0, 0.1) is 5.92 Å². The van der Waals surface area contributed by atoms with Crippen LogP contribution in [0.1, 0.15) is 6.42 Å². The molecule has 1 saturated carbocycles. The molecule has 0 aromatic heterocycles. The molecule has 2 fully saturated rings. The minimum absolute atomic E-state index is 0.0319. The molecule has 0 bridgehead atoms. The highest BCUT2D eigenvalue weighted by Crippen LogP contribution is 2.48. The Kier molecular flexibility index (Phi) is 1.31. The Labute approximate surface area is 62.8 Å². The lowest BCUT2D eigenvalue weighted by molar-refractivity contribution is -0.415. The first kappa shape index (κ1) is 7.45. The molecule has 0 amide bonds. The average molecular weight is 162 g/mol. The molecule has 1 saturated heterocycles. The maximum Gasteiger partial charge on any atom is 0.181 e. The number of hydrogen-bond acceptors (Lipinski definition) is 5. The number of aliphatic hydroxyl groups excluding tert-OH is 3. The van der Waals surface area contributed by atoms with Crippen LogP contribution < -0.4 is 0 Å². The number of aliphatic hydroxyl groups is 4. The van der Waals surface area contributed by atoms with E-state index in [1.165, 1.54) is 0 Å². The van der Waals surface area contributed by atoms with Crippen molar-refractivity contribution < 1.29 is 25.2 Å². The molecule has 0 spiro atoms. The lowest BCUT2D eigenvalue weighted by Gasteiger charge is -2.44. The van der Waals surface area contributed by atoms with E-state index >= 15 is 0 Å². The molecule has 0 aromatic rings. The van der Waals surface area contributed by atoms with Gasteiger partial charge in [0.2, 0.25) is 0 Å². The third kappa shape index (κ3) is 0.771. The molecule has 4 N–H and O–H groups in total. The van der Waals surface area contributed by atoms with Gasteiger partial charge in [0, 0.05) is 6.42 Å². The Bertz CT molecular complexity index is 184. The van der Waals surface area contributed by atoms with Crippen molar-refractivity contribution in [3.05, 3.63) is 0 Å². The second-order valence-electron chi connectivity index (χ2n) is 3.14. The van der Waals surface area contributed by atoms with E-state index in [2.05, 4.69) is 4.74 Å². The highest BCUT2D eigenvalue weighted by Gasteiger charge is 2.64. The molecule has 5 nitrogen and oxygen atoms in total. The summed E-state index contributed by atoms with van der Waals surface area (Å²) in [5, 5.41) is 36.5. The second kappa shape index (κ2) is 1.94. The Hall–Kier alpha value is -0.200. The first-order valence-electron chi connectivity index (χ1n) is 3.49. The number of hydrogen-bond donors (Lipinski definition) is 4. The summed E-state index contributed by atoms with van der Waals surface area (Å²) < 4.78 is 4.58. The summed E-state index contributed by atoms with van der Waals surface area (Å²) >= 11 is 0. The van der Waals surface area contributed by atoms with Gasteiger partial charge in [0.05, 0.1) is 18.1 Å². The van der Waals surface area contributed by atoms with Gasteiger partial charge in [0.1, 0.15) is 0 Å². The van der Waals surface area contributed by atoms with E-state index in [-0.39, 0.29) is 6.42 Å². The minimum Gasteiger partial charge on any atom is -0.390 e. The monoisotopic (exact) mass is 162 g/mol. The Morgan fingerprint density at radius 1 is 1.27 bits per heavy atom. The maximum atomic E-state index is 9.36. The zero-order valence-electron chi connectivity index (χ0n) is 5.71. The summed E-state index contributed by atoms with van der Waals surface area (Å²) in [6, 6.07) is 0. The van der Waals surface area contributed by atoms with Crippen LogP contribution in [0.5, 0.6) is 0 Å². The Balaban J connectivity index is 2.19. The fourth-order valence-corrected chi connectivity index (χ4v) is 1.79. The SMILES string of the molecule is OC1C2[C@H](O)OC2(O)C[C@H]1O. The summed E-state index contributed by atoms with van der Waals surface area (Å²) in [6.07, 6.45) is -3.26. The molecule has 5 heteroatoms. The predicted octanol–water partition coefficient (Wildman–Crippen LogP) is -2.23. The van der Waals surface area contributed by atoms with Gasteiger partial charge in [-0.25, -0.2) is 0 Å². The molecule has 2 rings (SSSR count). The fraction of sp³-hybridized carbons (Fsp3) is 1.00. The van der Waals surface area contributed by atoms with Crippen LogP contribution in [0.25, 0.3) is 0 Å². The van der Waals surface area contributed by atoms with E-state index in [0.29, 0.717) is 0 Å². The van der Waals surface area contributed by atoms with E-state index in [1.54, 1.807) is 0 Å². The maximum absolute atomic E-state index is 9.36. The smallest absolute Gasteiger partial charge is 0.181 e.